The van der Waals surface area contributed by atoms with Gasteiger partial charge in [0.05, 0.1) is 17.5 Å². The Kier molecular flexibility index (Phi) is 2.76. The van der Waals surface area contributed by atoms with Crippen LogP contribution in [0.3, 0.4) is 0 Å². The Balaban J connectivity index is 2.36. The minimum atomic E-state index is -0.252. The Morgan fingerprint density at radius 2 is 2.19 bits per heavy atom. The van der Waals surface area contributed by atoms with Crippen molar-refractivity contribution in [3.8, 4) is 0 Å². The van der Waals surface area contributed by atoms with Gasteiger partial charge in [0.1, 0.15) is 0 Å². The van der Waals surface area contributed by atoms with E-state index in [1.165, 1.54) is 0 Å². The molecular weight excluding hydrogens is 206 g/mol. The Labute approximate surface area is 91.9 Å². The van der Waals surface area contributed by atoms with E-state index in [9.17, 15) is 9.59 Å². The molecule has 5 heteroatoms. The van der Waals surface area contributed by atoms with E-state index in [0.29, 0.717) is 12.1 Å². The first kappa shape index (κ1) is 10.5. The molecule has 0 spiro atoms. The molecule has 0 radical (unpaired) electrons. The van der Waals surface area contributed by atoms with Gasteiger partial charge in [-0.2, -0.15) is 0 Å². The monoisotopic (exact) mass is 219 g/mol. The SMILES string of the molecule is CCNC(=O)Cc1cccc2[nH]c(=O)[nH]c12. The number of H-pyrrole nitrogens is 2. The second kappa shape index (κ2) is 4.22. The van der Waals surface area contributed by atoms with E-state index in [2.05, 4.69) is 15.3 Å². The van der Waals surface area contributed by atoms with Crippen LogP contribution in [-0.4, -0.2) is 22.4 Å². The molecule has 5 nitrogen and oxygen atoms in total. The third kappa shape index (κ3) is 1.98. The summed E-state index contributed by atoms with van der Waals surface area (Å²) in [6.45, 7) is 2.48. The molecule has 0 fully saturated rings. The molecule has 0 atom stereocenters. The minimum absolute atomic E-state index is 0.0444. The molecule has 0 aliphatic carbocycles. The van der Waals surface area contributed by atoms with Crippen molar-refractivity contribution in [3.63, 3.8) is 0 Å². The van der Waals surface area contributed by atoms with Gasteiger partial charge in [-0.3, -0.25) is 4.79 Å². The van der Waals surface area contributed by atoms with Crippen molar-refractivity contribution in [2.24, 2.45) is 0 Å². The van der Waals surface area contributed by atoms with E-state index >= 15 is 0 Å². The number of carbonyl (C=O) groups is 1. The normalized spacial score (nSPS) is 10.6. The van der Waals surface area contributed by atoms with Gasteiger partial charge < -0.3 is 15.3 Å². The zero-order chi connectivity index (χ0) is 11.5. The van der Waals surface area contributed by atoms with E-state index in [0.717, 1.165) is 11.1 Å². The third-order valence-electron chi connectivity index (χ3n) is 2.36. The van der Waals surface area contributed by atoms with Crippen LogP contribution in [0.5, 0.6) is 0 Å². The Morgan fingerprint density at radius 1 is 1.38 bits per heavy atom. The van der Waals surface area contributed by atoms with Crippen molar-refractivity contribution in [1.29, 1.82) is 0 Å². The maximum absolute atomic E-state index is 11.4. The largest absolute Gasteiger partial charge is 0.356 e. The molecule has 0 saturated heterocycles. The van der Waals surface area contributed by atoms with Crippen molar-refractivity contribution in [3.05, 3.63) is 34.2 Å². The number of aromatic nitrogens is 2. The van der Waals surface area contributed by atoms with E-state index in [1.807, 2.05) is 19.1 Å². The van der Waals surface area contributed by atoms with Gasteiger partial charge in [0.2, 0.25) is 5.91 Å². The number of imidazole rings is 1. The number of likely N-dealkylation sites (N-methyl/N-ethyl adjacent to an activating group) is 1. The van der Waals surface area contributed by atoms with Crippen LogP contribution in [0.2, 0.25) is 0 Å². The fourth-order valence-electron chi connectivity index (χ4n) is 1.70. The lowest BCUT2D eigenvalue weighted by atomic mass is 10.1. The summed E-state index contributed by atoms with van der Waals surface area (Å²) < 4.78 is 0. The Hall–Kier alpha value is -2.04. The molecule has 84 valence electrons. The summed E-state index contributed by atoms with van der Waals surface area (Å²) in [5.74, 6) is -0.0444. The van der Waals surface area contributed by atoms with Crippen molar-refractivity contribution < 1.29 is 4.79 Å². The van der Waals surface area contributed by atoms with Crippen LogP contribution in [0, 0.1) is 0 Å². The lowest BCUT2D eigenvalue weighted by Crippen LogP contribution is -2.24. The van der Waals surface area contributed by atoms with E-state index in [-0.39, 0.29) is 18.0 Å². The second-order valence-corrected chi connectivity index (χ2v) is 3.55. The first-order chi connectivity index (χ1) is 7.70. The second-order valence-electron chi connectivity index (χ2n) is 3.55. The summed E-state index contributed by atoms with van der Waals surface area (Å²) in [5.41, 5.74) is 2.01. The van der Waals surface area contributed by atoms with E-state index in [4.69, 9.17) is 0 Å². The molecule has 2 aromatic rings. The van der Waals surface area contributed by atoms with Crippen LogP contribution >= 0.6 is 0 Å². The van der Waals surface area contributed by atoms with Crippen molar-refractivity contribution in [2.75, 3.05) is 6.54 Å². The van der Waals surface area contributed by atoms with Crippen LogP contribution in [0.1, 0.15) is 12.5 Å². The molecule has 1 amide bonds. The number of hydrogen-bond acceptors (Lipinski definition) is 2. The zero-order valence-corrected chi connectivity index (χ0v) is 8.96. The van der Waals surface area contributed by atoms with Gasteiger partial charge in [-0.25, -0.2) is 4.79 Å². The summed E-state index contributed by atoms with van der Waals surface area (Å²) in [5, 5.41) is 2.72. The van der Waals surface area contributed by atoms with Crippen LogP contribution in [0.15, 0.2) is 23.0 Å². The molecule has 0 unspecified atom stereocenters. The summed E-state index contributed by atoms with van der Waals surface area (Å²) in [4.78, 5) is 27.9. The van der Waals surface area contributed by atoms with Crippen LogP contribution in [0.25, 0.3) is 11.0 Å². The first-order valence-electron chi connectivity index (χ1n) is 5.17. The molecule has 3 N–H and O–H groups in total. The standard InChI is InChI=1S/C11H13N3O2/c1-2-12-9(15)6-7-4-3-5-8-10(7)14-11(16)13-8/h3-5H,2,6H2,1H3,(H,12,15)(H2,13,14,16). The van der Waals surface area contributed by atoms with Gasteiger partial charge in [0.15, 0.2) is 0 Å². The molecular formula is C11H13N3O2. The maximum Gasteiger partial charge on any atom is 0.323 e. The van der Waals surface area contributed by atoms with Gasteiger partial charge in [0, 0.05) is 6.54 Å². The Bertz CT molecular complexity index is 568. The van der Waals surface area contributed by atoms with Crippen LogP contribution < -0.4 is 11.0 Å². The van der Waals surface area contributed by atoms with Crippen LogP contribution in [-0.2, 0) is 11.2 Å². The van der Waals surface area contributed by atoms with E-state index in [1.54, 1.807) is 6.07 Å². The highest BCUT2D eigenvalue weighted by Crippen LogP contribution is 2.13. The number of amides is 1. The van der Waals surface area contributed by atoms with Gasteiger partial charge in [-0.15, -0.1) is 0 Å². The molecule has 0 bridgehead atoms. The number of fused-ring (bicyclic) bond motifs is 1. The predicted molar refractivity (Wildman–Crippen MR) is 61.3 cm³/mol. The summed E-state index contributed by atoms with van der Waals surface area (Å²) in [6, 6.07) is 5.45. The topological polar surface area (TPSA) is 77.8 Å². The predicted octanol–water partition coefficient (Wildman–Crippen LogP) is 0.535. The summed E-state index contributed by atoms with van der Waals surface area (Å²) >= 11 is 0. The molecule has 16 heavy (non-hydrogen) atoms. The number of aromatic amines is 2. The van der Waals surface area contributed by atoms with E-state index < -0.39 is 0 Å². The Morgan fingerprint density at radius 3 is 2.94 bits per heavy atom. The molecule has 1 heterocycles. The minimum Gasteiger partial charge on any atom is -0.356 e. The molecule has 0 aliphatic rings. The molecule has 2 rings (SSSR count). The smallest absolute Gasteiger partial charge is 0.323 e. The molecule has 0 aliphatic heterocycles. The first-order valence-corrected chi connectivity index (χ1v) is 5.17. The average Bonchev–Trinajstić information content (AvgIpc) is 2.60. The van der Waals surface area contributed by atoms with Gasteiger partial charge in [-0.1, -0.05) is 12.1 Å². The maximum atomic E-state index is 11.4. The highest BCUT2D eigenvalue weighted by Gasteiger charge is 2.07. The van der Waals surface area contributed by atoms with Crippen molar-refractivity contribution in [2.45, 2.75) is 13.3 Å². The van der Waals surface area contributed by atoms with Gasteiger partial charge in [0.25, 0.3) is 0 Å². The summed E-state index contributed by atoms with van der Waals surface area (Å²) in [6.07, 6.45) is 0.277. The fraction of sp³-hybridized carbons (Fsp3) is 0.273. The lowest BCUT2D eigenvalue weighted by molar-refractivity contribution is -0.120. The highest BCUT2D eigenvalue weighted by atomic mass is 16.1. The van der Waals surface area contributed by atoms with Crippen molar-refractivity contribution >= 4 is 16.9 Å². The van der Waals surface area contributed by atoms with Crippen molar-refractivity contribution in [1.82, 2.24) is 15.3 Å². The quantitative estimate of drug-likeness (QED) is 0.704. The number of carbonyl (C=O) groups excluding carboxylic acids is 1. The highest BCUT2D eigenvalue weighted by molar-refractivity contribution is 5.85. The van der Waals surface area contributed by atoms with Gasteiger partial charge >= 0.3 is 5.69 Å². The molecule has 0 saturated carbocycles. The molecule has 1 aromatic heterocycles. The third-order valence-corrected chi connectivity index (χ3v) is 2.36. The number of rotatable bonds is 3. The van der Waals surface area contributed by atoms with Gasteiger partial charge in [-0.05, 0) is 18.6 Å². The molecule has 1 aromatic carbocycles. The number of nitrogens with one attached hydrogen (secondary N) is 3. The number of hydrogen-bond donors (Lipinski definition) is 3. The average molecular weight is 219 g/mol. The zero-order valence-electron chi connectivity index (χ0n) is 8.96. The number of benzene rings is 1. The fourth-order valence-corrected chi connectivity index (χ4v) is 1.70. The van der Waals surface area contributed by atoms with Crippen LogP contribution in [0.4, 0.5) is 0 Å². The number of para-hydroxylation sites is 1. The lowest BCUT2D eigenvalue weighted by Gasteiger charge is -2.03. The summed E-state index contributed by atoms with van der Waals surface area (Å²) in [7, 11) is 0.